The predicted octanol–water partition coefficient (Wildman–Crippen LogP) is 2.36. The first kappa shape index (κ1) is 13.9. The number of rotatable bonds is 5. The fourth-order valence-electron chi connectivity index (χ4n) is 1.90. The number of nitrogens with two attached hydrogens (primary N) is 1. The van der Waals surface area contributed by atoms with Crippen LogP contribution in [-0.2, 0) is 0 Å². The Morgan fingerprint density at radius 3 is 2.60 bits per heavy atom. The first-order valence-electron chi connectivity index (χ1n) is 6.27. The molecule has 0 spiro atoms. The Bertz CT molecular complexity index is 596. The summed E-state index contributed by atoms with van der Waals surface area (Å²) in [4.78, 5) is 15.5. The standard InChI is InChI=1S/C15H17N3O2/c1-10(11-5-7-12(20-2)8-6-11)18-15-13(14(16)19)4-3-9-17-15/h3-10H,1-2H3,(H2,16,19)(H,17,18). The molecule has 0 saturated carbocycles. The number of primary amides is 1. The smallest absolute Gasteiger partial charge is 0.252 e. The normalized spacial score (nSPS) is 11.7. The molecule has 3 N–H and O–H groups in total. The number of hydrogen-bond acceptors (Lipinski definition) is 4. The first-order chi connectivity index (χ1) is 9.61. The molecule has 1 atom stereocenters. The summed E-state index contributed by atoms with van der Waals surface area (Å²) in [6.07, 6.45) is 1.62. The highest BCUT2D eigenvalue weighted by Gasteiger charge is 2.12. The highest BCUT2D eigenvalue weighted by Crippen LogP contribution is 2.22. The minimum atomic E-state index is -0.498. The van der Waals surface area contributed by atoms with Gasteiger partial charge in [-0.1, -0.05) is 12.1 Å². The number of hydrogen-bond donors (Lipinski definition) is 2. The largest absolute Gasteiger partial charge is 0.497 e. The third kappa shape index (κ3) is 3.06. The number of carbonyl (C=O) groups excluding carboxylic acids is 1. The third-order valence-electron chi connectivity index (χ3n) is 3.04. The van der Waals surface area contributed by atoms with Crippen LogP contribution in [0.15, 0.2) is 42.6 Å². The van der Waals surface area contributed by atoms with Crippen LogP contribution in [0.3, 0.4) is 0 Å². The summed E-state index contributed by atoms with van der Waals surface area (Å²) in [5.74, 6) is 0.794. The van der Waals surface area contributed by atoms with E-state index in [4.69, 9.17) is 10.5 Å². The lowest BCUT2D eigenvalue weighted by Gasteiger charge is -2.16. The zero-order valence-electron chi connectivity index (χ0n) is 11.5. The maximum atomic E-state index is 11.3. The van der Waals surface area contributed by atoms with Gasteiger partial charge in [-0.15, -0.1) is 0 Å². The van der Waals surface area contributed by atoms with Gasteiger partial charge < -0.3 is 15.8 Å². The molecule has 0 aliphatic heterocycles. The van der Waals surface area contributed by atoms with Crippen molar-refractivity contribution in [2.75, 3.05) is 12.4 Å². The molecule has 2 aromatic rings. The Morgan fingerprint density at radius 1 is 1.30 bits per heavy atom. The van der Waals surface area contributed by atoms with Gasteiger partial charge in [-0.25, -0.2) is 4.98 Å². The van der Waals surface area contributed by atoms with E-state index >= 15 is 0 Å². The molecular formula is C15H17N3O2. The van der Waals surface area contributed by atoms with Gasteiger partial charge in [0.15, 0.2) is 0 Å². The molecular weight excluding hydrogens is 254 g/mol. The highest BCUT2D eigenvalue weighted by atomic mass is 16.5. The third-order valence-corrected chi connectivity index (χ3v) is 3.04. The van der Waals surface area contributed by atoms with Crippen LogP contribution < -0.4 is 15.8 Å². The quantitative estimate of drug-likeness (QED) is 0.875. The molecule has 1 amide bonds. The molecule has 1 heterocycles. The molecule has 0 aliphatic rings. The fourth-order valence-corrected chi connectivity index (χ4v) is 1.90. The topological polar surface area (TPSA) is 77.2 Å². The lowest BCUT2D eigenvalue weighted by molar-refractivity contribution is 0.100. The Hall–Kier alpha value is -2.56. The molecule has 1 aromatic heterocycles. The molecule has 20 heavy (non-hydrogen) atoms. The van der Waals surface area contributed by atoms with E-state index in [-0.39, 0.29) is 6.04 Å². The molecule has 1 aromatic carbocycles. The number of benzene rings is 1. The van der Waals surface area contributed by atoms with Crippen molar-refractivity contribution in [3.05, 3.63) is 53.7 Å². The Kier molecular flexibility index (Phi) is 4.20. The van der Waals surface area contributed by atoms with Crippen LogP contribution in [0.2, 0.25) is 0 Å². The molecule has 0 saturated heterocycles. The Labute approximate surface area is 117 Å². The summed E-state index contributed by atoms with van der Waals surface area (Å²) in [6, 6.07) is 11.0. The maximum absolute atomic E-state index is 11.3. The van der Waals surface area contributed by atoms with E-state index < -0.39 is 5.91 Å². The number of nitrogens with one attached hydrogen (secondary N) is 1. The van der Waals surface area contributed by atoms with Crippen LogP contribution >= 0.6 is 0 Å². The number of ether oxygens (including phenoxy) is 1. The average molecular weight is 271 g/mol. The van der Waals surface area contributed by atoms with E-state index in [0.717, 1.165) is 11.3 Å². The van der Waals surface area contributed by atoms with Crippen LogP contribution in [0, 0.1) is 0 Å². The highest BCUT2D eigenvalue weighted by molar-refractivity contribution is 5.97. The SMILES string of the molecule is COc1ccc(C(C)Nc2ncccc2C(N)=O)cc1. The van der Waals surface area contributed by atoms with Crippen molar-refractivity contribution in [3.8, 4) is 5.75 Å². The predicted molar refractivity (Wildman–Crippen MR) is 77.8 cm³/mol. The van der Waals surface area contributed by atoms with Crippen molar-refractivity contribution in [3.63, 3.8) is 0 Å². The maximum Gasteiger partial charge on any atom is 0.252 e. The summed E-state index contributed by atoms with van der Waals surface area (Å²) in [7, 11) is 1.63. The van der Waals surface area contributed by atoms with E-state index in [0.29, 0.717) is 11.4 Å². The first-order valence-corrected chi connectivity index (χ1v) is 6.27. The second kappa shape index (κ2) is 6.06. The van der Waals surface area contributed by atoms with Gasteiger partial charge in [0, 0.05) is 12.2 Å². The van der Waals surface area contributed by atoms with E-state index in [1.807, 2.05) is 31.2 Å². The van der Waals surface area contributed by atoms with E-state index in [9.17, 15) is 4.79 Å². The molecule has 5 heteroatoms. The van der Waals surface area contributed by atoms with Gasteiger partial charge >= 0.3 is 0 Å². The fraction of sp³-hybridized carbons (Fsp3) is 0.200. The molecule has 0 bridgehead atoms. The molecule has 104 valence electrons. The molecule has 2 rings (SSSR count). The van der Waals surface area contributed by atoms with Crippen LogP contribution in [0.25, 0.3) is 0 Å². The number of nitrogens with zero attached hydrogens (tertiary/aromatic N) is 1. The number of methoxy groups -OCH3 is 1. The van der Waals surface area contributed by atoms with Crippen LogP contribution in [0.4, 0.5) is 5.82 Å². The molecule has 0 fully saturated rings. The minimum absolute atomic E-state index is 0.00564. The van der Waals surface area contributed by atoms with Crippen molar-refractivity contribution in [2.24, 2.45) is 5.73 Å². The Balaban J connectivity index is 2.18. The lowest BCUT2D eigenvalue weighted by Crippen LogP contribution is -2.17. The summed E-state index contributed by atoms with van der Waals surface area (Å²) in [5, 5.41) is 3.19. The number of pyridine rings is 1. The molecule has 0 radical (unpaired) electrons. The molecule has 1 unspecified atom stereocenters. The van der Waals surface area contributed by atoms with Crippen LogP contribution in [-0.4, -0.2) is 18.0 Å². The Morgan fingerprint density at radius 2 is 2.00 bits per heavy atom. The van der Waals surface area contributed by atoms with E-state index in [1.54, 1.807) is 25.4 Å². The second-order valence-electron chi connectivity index (χ2n) is 4.40. The van der Waals surface area contributed by atoms with Crippen molar-refractivity contribution < 1.29 is 9.53 Å². The van der Waals surface area contributed by atoms with E-state index in [2.05, 4.69) is 10.3 Å². The van der Waals surface area contributed by atoms with Crippen molar-refractivity contribution in [1.29, 1.82) is 0 Å². The monoisotopic (exact) mass is 271 g/mol. The molecule has 0 aliphatic carbocycles. The number of carbonyl (C=O) groups is 1. The zero-order chi connectivity index (χ0) is 14.5. The summed E-state index contributed by atoms with van der Waals surface area (Å²) >= 11 is 0. The number of aromatic nitrogens is 1. The van der Waals surface area contributed by atoms with Gasteiger partial charge in [-0.3, -0.25) is 4.79 Å². The average Bonchev–Trinajstić information content (AvgIpc) is 2.47. The van der Waals surface area contributed by atoms with Gasteiger partial charge in [-0.05, 0) is 36.8 Å². The van der Waals surface area contributed by atoms with Gasteiger partial charge in [-0.2, -0.15) is 0 Å². The summed E-state index contributed by atoms with van der Waals surface area (Å²) < 4.78 is 5.12. The van der Waals surface area contributed by atoms with Gasteiger partial charge in [0.25, 0.3) is 5.91 Å². The van der Waals surface area contributed by atoms with Gasteiger partial charge in [0.1, 0.15) is 11.6 Å². The van der Waals surface area contributed by atoms with Crippen molar-refractivity contribution in [1.82, 2.24) is 4.98 Å². The summed E-state index contributed by atoms with van der Waals surface area (Å²) in [5.41, 5.74) is 6.78. The van der Waals surface area contributed by atoms with Gasteiger partial charge in [0.05, 0.1) is 12.7 Å². The van der Waals surface area contributed by atoms with Crippen LogP contribution in [0.5, 0.6) is 5.75 Å². The number of anilines is 1. The number of amides is 1. The van der Waals surface area contributed by atoms with Gasteiger partial charge in [0.2, 0.25) is 0 Å². The van der Waals surface area contributed by atoms with Crippen molar-refractivity contribution >= 4 is 11.7 Å². The molecule has 5 nitrogen and oxygen atoms in total. The van der Waals surface area contributed by atoms with Crippen molar-refractivity contribution in [2.45, 2.75) is 13.0 Å². The zero-order valence-corrected chi connectivity index (χ0v) is 11.5. The lowest BCUT2D eigenvalue weighted by atomic mass is 10.1. The van der Waals surface area contributed by atoms with E-state index in [1.165, 1.54) is 0 Å². The summed E-state index contributed by atoms with van der Waals surface area (Å²) in [6.45, 7) is 1.99. The second-order valence-corrected chi connectivity index (χ2v) is 4.40. The minimum Gasteiger partial charge on any atom is -0.497 e. The van der Waals surface area contributed by atoms with Crippen LogP contribution in [0.1, 0.15) is 28.9 Å².